The Balaban J connectivity index is 1.42. The van der Waals surface area contributed by atoms with Crippen molar-refractivity contribution in [3.63, 3.8) is 0 Å². The summed E-state index contributed by atoms with van der Waals surface area (Å²) < 4.78 is 32.2. The van der Waals surface area contributed by atoms with Crippen molar-refractivity contribution in [3.8, 4) is 5.75 Å². The van der Waals surface area contributed by atoms with Gasteiger partial charge < -0.3 is 20.3 Å². The molecule has 1 saturated carbocycles. The van der Waals surface area contributed by atoms with Crippen molar-refractivity contribution in [3.05, 3.63) is 65.2 Å². The number of benzene rings is 2. The van der Waals surface area contributed by atoms with Crippen LogP contribution >= 0.6 is 0 Å². The van der Waals surface area contributed by atoms with Gasteiger partial charge in [0.25, 0.3) is 5.91 Å². The lowest BCUT2D eigenvalue weighted by molar-refractivity contribution is -0.0239. The number of rotatable bonds is 7. The van der Waals surface area contributed by atoms with E-state index < -0.39 is 23.1 Å². The van der Waals surface area contributed by atoms with E-state index in [-0.39, 0.29) is 23.8 Å². The number of aromatic hydroxyl groups is 1. The zero-order valence-corrected chi connectivity index (χ0v) is 16.0. The monoisotopic (exact) mass is 405 g/mol. The zero-order valence-electron chi connectivity index (χ0n) is 16.0. The van der Waals surface area contributed by atoms with Crippen LogP contribution in [0, 0.1) is 17.6 Å². The fourth-order valence-corrected chi connectivity index (χ4v) is 3.57. The Labute approximate surface area is 168 Å². The minimum absolute atomic E-state index is 0.0264. The molecule has 1 aliphatic rings. The zero-order chi connectivity index (χ0) is 20.9. The number of phenols is 1. The number of carbonyl (C=O) groups excluding carboxylic acids is 1. The van der Waals surface area contributed by atoms with Crippen LogP contribution in [-0.4, -0.2) is 34.9 Å². The fourth-order valence-electron chi connectivity index (χ4n) is 3.57. The Hall–Kier alpha value is -2.51. The normalized spacial score (nSPS) is 21.7. The number of nitrogens with one attached hydrogen (secondary N) is 1. The van der Waals surface area contributed by atoms with Gasteiger partial charge in [-0.15, -0.1) is 0 Å². The SMILES string of the molecule is O=C(NC[C@]1(O)CC[C@@H](COCc2cccc(F)c2)CC1)c1cccc(F)c1O. The summed E-state index contributed by atoms with van der Waals surface area (Å²) in [4.78, 5) is 12.2. The third kappa shape index (κ3) is 5.74. The summed E-state index contributed by atoms with van der Waals surface area (Å²) in [7, 11) is 0. The van der Waals surface area contributed by atoms with E-state index in [4.69, 9.17) is 4.74 Å². The van der Waals surface area contributed by atoms with Crippen molar-refractivity contribution >= 4 is 5.91 Å². The van der Waals surface area contributed by atoms with Crippen LogP contribution in [0.4, 0.5) is 8.78 Å². The van der Waals surface area contributed by atoms with Crippen molar-refractivity contribution < 1.29 is 28.5 Å². The first kappa shape index (κ1) is 21.2. The highest BCUT2D eigenvalue weighted by Gasteiger charge is 2.33. The molecule has 0 heterocycles. The molecule has 0 bridgehead atoms. The third-order valence-electron chi connectivity index (χ3n) is 5.36. The molecule has 0 saturated heterocycles. The first-order chi connectivity index (χ1) is 13.9. The molecule has 0 unspecified atom stereocenters. The van der Waals surface area contributed by atoms with E-state index >= 15 is 0 Å². The van der Waals surface area contributed by atoms with Crippen LogP contribution in [0.15, 0.2) is 42.5 Å². The van der Waals surface area contributed by atoms with E-state index in [2.05, 4.69) is 5.32 Å². The number of hydrogen-bond donors (Lipinski definition) is 3. The molecule has 0 atom stereocenters. The third-order valence-corrected chi connectivity index (χ3v) is 5.36. The molecule has 3 N–H and O–H groups in total. The number of halogens is 2. The molecular formula is C22H25F2NO4. The van der Waals surface area contributed by atoms with Crippen molar-refractivity contribution in [1.82, 2.24) is 5.32 Å². The van der Waals surface area contributed by atoms with Crippen LogP contribution in [0.2, 0.25) is 0 Å². The minimum atomic E-state index is -1.04. The summed E-state index contributed by atoms with van der Waals surface area (Å²) >= 11 is 0. The van der Waals surface area contributed by atoms with Gasteiger partial charge >= 0.3 is 0 Å². The number of amides is 1. The van der Waals surface area contributed by atoms with Crippen LogP contribution in [0.1, 0.15) is 41.6 Å². The molecule has 5 nitrogen and oxygen atoms in total. The van der Waals surface area contributed by atoms with Crippen molar-refractivity contribution in [2.45, 2.75) is 37.9 Å². The second kappa shape index (κ2) is 9.33. The molecule has 1 aliphatic carbocycles. The molecule has 1 amide bonds. The highest BCUT2D eigenvalue weighted by atomic mass is 19.1. The van der Waals surface area contributed by atoms with Crippen molar-refractivity contribution in [2.24, 2.45) is 5.92 Å². The van der Waals surface area contributed by atoms with Gasteiger partial charge in [0.05, 0.1) is 17.8 Å². The standard InChI is InChI=1S/C22H25F2NO4/c23-17-4-1-3-16(11-17)13-29-12-15-7-9-22(28,10-8-15)14-25-21(27)18-5-2-6-19(24)20(18)26/h1-6,11,15,26,28H,7-10,12-14H2,(H,25,27)/t15-,22+. The van der Waals surface area contributed by atoms with Crippen LogP contribution in [0.3, 0.4) is 0 Å². The van der Waals surface area contributed by atoms with Gasteiger partial charge in [-0.3, -0.25) is 4.79 Å². The van der Waals surface area contributed by atoms with E-state index in [1.165, 1.54) is 24.3 Å². The van der Waals surface area contributed by atoms with Gasteiger partial charge in [0, 0.05) is 13.2 Å². The lowest BCUT2D eigenvalue weighted by atomic mass is 9.79. The predicted octanol–water partition coefficient (Wildman–Crippen LogP) is 3.54. The summed E-state index contributed by atoms with van der Waals surface area (Å²) in [5, 5.41) is 22.9. The van der Waals surface area contributed by atoms with E-state index in [1.807, 2.05) is 6.07 Å². The smallest absolute Gasteiger partial charge is 0.255 e. The summed E-state index contributed by atoms with van der Waals surface area (Å²) in [6.07, 6.45) is 2.47. The maximum Gasteiger partial charge on any atom is 0.255 e. The molecule has 3 rings (SSSR count). The molecule has 29 heavy (non-hydrogen) atoms. The molecule has 1 fully saturated rings. The van der Waals surface area contributed by atoms with E-state index in [1.54, 1.807) is 6.07 Å². The van der Waals surface area contributed by atoms with Crippen LogP contribution in [0.5, 0.6) is 5.75 Å². The predicted molar refractivity (Wildman–Crippen MR) is 103 cm³/mol. The lowest BCUT2D eigenvalue weighted by Crippen LogP contribution is -2.45. The van der Waals surface area contributed by atoms with E-state index in [0.717, 1.165) is 24.5 Å². The first-order valence-electron chi connectivity index (χ1n) is 9.66. The van der Waals surface area contributed by atoms with Gasteiger partial charge in [-0.25, -0.2) is 8.78 Å². The van der Waals surface area contributed by atoms with Crippen LogP contribution in [-0.2, 0) is 11.3 Å². The number of carbonyl (C=O) groups is 1. The quantitative estimate of drug-likeness (QED) is 0.658. The molecule has 0 aromatic heterocycles. The number of para-hydroxylation sites is 1. The summed E-state index contributed by atoms with van der Waals surface area (Å²) in [5.74, 6) is -2.20. The van der Waals surface area contributed by atoms with Gasteiger partial charge in [0.1, 0.15) is 5.82 Å². The maximum absolute atomic E-state index is 13.4. The molecular weight excluding hydrogens is 380 g/mol. The second-order valence-corrected chi connectivity index (χ2v) is 7.63. The van der Waals surface area contributed by atoms with Crippen molar-refractivity contribution in [2.75, 3.05) is 13.2 Å². The molecule has 2 aromatic rings. The Morgan fingerprint density at radius 2 is 1.90 bits per heavy atom. The largest absolute Gasteiger partial charge is 0.504 e. The number of phenolic OH excluding ortho intramolecular Hbond substituents is 1. The van der Waals surface area contributed by atoms with Crippen LogP contribution < -0.4 is 5.32 Å². The molecule has 156 valence electrons. The molecule has 0 aliphatic heterocycles. The topological polar surface area (TPSA) is 78.8 Å². The summed E-state index contributed by atoms with van der Waals surface area (Å²) in [5.41, 5.74) is -0.425. The lowest BCUT2D eigenvalue weighted by Gasteiger charge is -2.36. The Morgan fingerprint density at radius 3 is 2.62 bits per heavy atom. The van der Waals surface area contributed by atoms with Gasteiger partial charge in [0.2, 0.25) is 0 Å². The maximum atomic E-state index is 13.4. The molecule has 0 spiro atoms. The highest BCUT2D eigenvalue weighted by molar-refractivity contribution is 5.96. The van der Waals surface area contributed by atoms with Crippen LogP contribution in [0.25, 0.3) is 0 Å². The highest BCUT2D eigenvalue weighted by Crippen LogP contribution is 2.32. The van der Waals surface area contributed by atoms with E-state index in [0.29, 0.717) is 26.1 Å². The van der Waals surface area contributed by atoms with Gasteiger partial charge in [0.15, 0.2) is 11.6 Å². The second-order valence-electron chi connectivity index (χ2n) is 7.63. The first-order valence-corrected chi connectivity index (χ1v) is 9.66. The number of aliphatic hydroxyl groups is 1. The Morgan fingerprint density at radius 1 is 1.17 bits per heavy atom. The molecule has 0 radical (unpaired) electrons. The van der Waals surface area contributed by atoms with Gasteiger partial charge in [-0.05, 0) is 61.4 Å². The summed E-state index contributed by atoms with van der Waals surface area (Å²) in [6.45, 7) is 0.889. The number of ether oxygens (including phenoxy) is 1. The minimum Gasteiger partial charge on any atom is -0.504 e. The Bertz CT molecular complexity index is 850. The van der Waals surface area contributed by atoms with E-state index in [9.17, 15) is 23.8 Å². The average molecular weight is 405 g/mol. The number of hydrogen-bond acceptors (Lipinski definition) is 4. The van der Waals surface area contributed by atoms with Crippen molar-refractivity contribution in [1.29, 1.82) is 0 Å². The van der Waals surface area contributed by atoms with Gasteiger partial charge in [-0.1, -0.05) is 18.2 Å². The Kier molecular flexibility index (Phi) is 6.82. The molecule has 2 aromatic carbocycles. The fraction of sp³-hybridized carbons (Fsp3) is 0.409. The molecule has 7 heteroatoms. The average Bonchev–Trinajstić information content (AvgIpc) is 2.70. The summed E-state index contributed by atoms with van der Waals surface area (Å²) in [6, 6.07) is 10.0. The van der Waals surface area contributed by atoms with Gasteiger partial charge in [-0.2, -0.15) is 0 Å².